The standard InChI is InChI=1S/C9H9N/c1-9(8-10)6-4-2-3-5-7-9/h2-7H,1H3. The van der Waals surface area contributed by atoms with Crippen LogP contribution in [-0.4, -0.2) is 0 Å². The van der Waals surface area contributed by atoms with Crippen molar-refractivity contribution in [2.75, 3.05) is 0 Å². The zero-order valence-electron chi connectivity index (χ0n) is 5.91. The molecule has 0 spiro atoms. The minimum absolute atomic E-state index is 0.413. The molecule has 0 unspecified atom stereocenters. The van der Waals surface area contributed by atoms with Gasteiger partial charge in [0.05, 0.1) is 11.5 Å². The second-order valence-corrected chi connectivity index (χ2v) is 2.50. The Morgan fingerprint density at radius 2 is 1.60 bits per heavy atom. The lowest BCUT2D eigenvalue weighted by atomic mass is 9.92. The van der Waals surface area contributed by atoms with Crippen molar-refractivity contribution < 1.29 is 0 Å². The van der Waals surface area contributed by atoms with E-state index >= 15 is 0 Å². The van der Waals surface area contributed by atoms with E-state index in [4.69, 9.17) is 5.26 Å². The second-order valence-electron chi connectivity index (χ2n) is 2.50. The highest BCUT2D eigenvalue weighted by Crippen LogP contribution is 2.20. The summed E-state index contributed by atoms with van der Waals surface area (Å²) in [6, 6.07) is 2.21. The fourth-order valence-electron chi connectivity index (χ4n) is 0.769. The van der Waals surface area contributed by atoms with Gasteiger partial charge in [-0.1, -0.05) is 36.5 Å². The SMILES string of the molecule is CC1(C#N)C=CC=CC=C1. The van der Waals surface area contributed by atoms with Gasteiger partial charge in [-0.3, -0.25) is 0 Å². The van der Waals surface area contributed by atoms with Gasteiger partial charge < -0.3 is 0 Å². The molecule has 0 bridgehead atoms. The second kappa shape index (κ2) is 2.53. The van der Waals surface area contributed by atoms with Crippen LogP contribution in [0.4, 0.5) is 0 Å². The summed E-state index contributed by atoms with van der Waals surface area (Å²) in [6.45, 7) is 1.88. The third kappa shape index (κ3) is 1.35. The van der Waals surface area contributed by atoms with Gasteiger partial charge in [0.15, 0.2) is 0 Å². The zero-order valence-corrected chi connectivity index (χ0v) is 5.91. The van der Waals surface area contributed by atoms with Gasteiger partial charge in [0.2, 0.25) is 0 Å². The molecule has 0 aliphatic heterocycles. The first kappa shape index (κ1) is 6.82. The Morgan fingerprint density at radius 3 is 2.00 bits per heavy atom. The Balaban J connectivity index is 2.93. The van der Waals surface area contributed by atoms with Crippen LogP contribution in [0.5, 0.6) is 0 Å². The molecule has 0 N–H and O–H groups in total. The first-order valence-corrected chi connectivity index (χ1v) is 3.22. The molecule has 0 atom stereocenters. The van der Waals surface area contributed by atoms with Crippen LogP contribution in [0.25, 0.3) is 0 Å². The minimum Gasteiger partial charge on any atom is -0.197 e. The molecule has 0 heterocycles. The lowest BCUT2D eigenvalue weighted by Crippen LogP contribution is -2.03. The quantitative estimate of drug-likeness (QED) is 0.494. The largest absolute Gasteiger partial charge is 0.197 e. The highest BCUT2D eigenvalue weighted by atomic mass is 14.3. The van der Waals surface area contributed by atoms with Crippen LogP contribution >= 0.6 is 0 Å². The molecular formula is C9H9N. The van der Waals surface area contributed by atoms with Crippen LogP contribution in [0.15, 0.2) is 36.5 Å². The van der Waals surface area contributed by atoms with Crippen molar-refractivity contribution in [2.24, 2.45) is 5.41 Å². The molecule has 0 radical (unpaired) electrons. The molecule has 1 aliphatic carbocycles. The van der Waals surface area contributed by atoms with Gasteiger partial charge in [-0.15, -0.1) is 0 Å². The van der Waals surface area contributed by atoms with Crippen LogP contribution in [0.2, 0.25) is 0 Å². The summed E-state index contributed by atoms with van der Waals surface area (Å²) >= 11 is 0. The van der Waals surface area contributed by atoms with E-state index in [1.165, 1.54) is 0 Å². The summed E-state index contributed by atoms with van der Waals surface area (Å²) in [4.78, 5) is 0. The van der Waals surface area contributed by atoms with Crippen molar-refractivity contribution in [3.63, 3.8) is 0 Å². The first-order valence-electron chi connectivity index (χ1n) is 3.22. The van der Waals surface area contributed by atoms with Gasteiger partial charge in [-0.25, -0.2) is 0 Å². The molecule has 0 amide bonds. The molecule has 1 aliphatic rings. The van der Waals surface area contributed by atoms with Gasteiger partial charge in [0.25, 0.3) is 0 Å². The van der Waals surface area contributed by atoms with Gasteiger partial charge in [0, 0.05) is 0 Å². The van der Waals surface area contributed by atoms with E-state index < -0.39 is 5.41 Å². The summed E-state index contributed by atoms with van der Waals surface area (Å²) in [5.41, 5.74) is -0.413. The van der Waals surface area contributed by atoms with Crippen molar-refractivity contribution in [3.8, 4) is 6.07 Å². The smallest absolute Gasteiger partial charge is 0.0911 e. The van der Waals surface area contributed by atoms with Crippen molar-refractivity contribution >= 4 is 0 Å². The highest BCUT2D eigenvalue weighted by molar-refractivity contribution is 5.29. The van der Waals surface area contributed by atoms with E-state index in [2.05, 4.69) is 6.07 Å². The lowest BCUT2D eigenvalue weighted by molar-refractivity contribution is 0.737. The summed E-state index contributed by atoms with van der Waals surface area (Å²) < 4.78 is 0. The van der Waals surface area contributed by atoms with E-state index in [9.17, 15) is 0 Å². The summed E-state index contributed by atoms with van der Waals surface area (Å²) in [7, 11) is 0. The van der Waals surface area contributed by atoms with Crippen LogP contribution in [0, 0.1) is 16.7 Å². The topological polar surface area (TPSA) is 23.8 Å². The van der Waals surface area contributed by atoms with Crippen LogP contribution in [-0.2, 0) is 0 Å². The third-order valence-electron chi connectivity index (χ3n) is 1.46. The Hall–Kier alpha value is -1.29. The van der Waals surface area contributed by atoms with Crippen molar-refractivity contribution in [2.45, 2.75) is 6.92 Å². The number of nitrogens with zero attached hydrogens (tertiary/aromatic N) is 1. The highest BCUT2D eigenvalue weighted by Gasteiger charge is 2.14. The fraction of sp³-hybridized carbons (Fsp3) is 0.222. The summed E-state index contributed by atoms with van der Waals surface area (Å²) in [5, 5.41) is 8.70. The van der Waals surface area contributed by atoms with Crippen LogP contribution in [0.1, 0.15) is 6.92 Å². The molecule has 50 valence electrons. The molecule has 0 aromatic heterocycles. The van der Waals surface area contributed by atoms with Gasteiger partial charge in [-0.2, -0.15) is 5.26 Å². The van der Waals surface area contributed by atoms with Crippen molar-refractivity contribution in [3.05, 3.63) is 36.5 Å². The third-order valence-corrected chi connectivity index (χ3v) is 1.46. The normalized spacial score (nSPS) is 20.0. The van der Waals surface area contributed by atoms with Crippen LogP contribution < -0.4 is 0 Å². The number of rotatable bonds is 0. The van der Waals surface area contributed by atoms with Crippen molar-refractivity contribution in [1.29, 1.82) is 5.26 Å². The number of hydrogen-bond donors (Lipinski definition) is 0. The molecule has 0 saturated heterocycles. The minimum atomic E-state index is -0.413. The molecule has 1 rings (SSSR count). The zero-order chi connectivity index (χ0) is 7.45. The number of allylic oxidation sites excluding steroid dienone is 6. The van der Waals surface area contributed by atoms with Crippen molar-refractivity contribution in [1.82, 2.24) is 0 Å². The molecule has 0 aromatic carbocycles. The average Bonchev–Trinajstić information content (AvgIpc) is 2.15. The Bertz CT molecular complexity index is 222. The molecule has 0 saturated carbocycles. The van der Waals surface area contributed by atoms with E-state index in [1.54, 1.807) is 0 Å². The predicted octanol–water partition coefficient (Wildman–Crippen LogP) is 2.20. The fourth-order valence-corrected chi connectivity index (χ4v) is 0.769. The first-order chi connectivity index (χ1) is 4.77. The predicted molar refractivity (Wildman–Crippen MR) is 41.1 cm³/mol. The maximum absolute atomic E-state index is 8.70. The monoisotopic (exact) mass is 131 g/mol. The lowest BCUT2D eigenvalue weighted by Gasteiger charge is -2.07. The average molecular weight is 131 g/mol. The number of nitriles is 1. The maximum atomic E-state index is 8.70. The molecule has 1 nitrogen and oxygen atoms in total. The summed E-state index contributed by atoms with van der Waals surface area (Å²) in [5.74, 6) is 0. The van der Waals surface area contributed by atoms with E-state index in [-0.39, 0.29) is 0 Å². The van der Waals surface area contributed by atoms with E-state index in [0.29, 0.717) is 0 Å². The van der Waals surface area contributed by atoms with Gasteiger partial charge in [-0.05, 0) is 6.92 Å². The molecule has 10 heavy (non-hydrogen) atoms. The van der Waals surface area contributed by atoms with Crippen LogP contribution in [0.3, 0.4) is 0 Å². The Labute approximate surface area is 61.0 Å². The number of hydrogen-bond acceptors (Lipinski definition) is 1. The van der Waals surface area contributed by atoms with E-state index in [1.807, 2.05) is 43.4 Å². The molecule has 0 aromatic rings. The molecule has 0 fully saturated rings. The van der Waals surface area contributed by atoms with Gasteiger partial charge in [0.1, 0.15) is 0 Å². The summed E-state index contributed by atoms with van der Waals surface area (Å²) in [6.07, 6.45) is 11.4. The Kier molecular flexibility index (Phi) is 1.73. The Morgan fingerprint density at radius 1 is 1.10 bits per heavy atom. The van der Waals surface area contributed by atoms with E-state index in [0.717, 1.165) is 0 Å². The van der Waals surface area contributed by atoms with Gasteiger partial charge >= 0.3 is 0 Å². The molecule has 1 heteroatoms. The molecular weight excluding hydrogens is 122 g/mol. The maximum Gasteiger partial charge on any atom is 0.0911 e.